The summed E-state index contributed by atoms with van der Waals surface area (Å²) in [6.45, 7) is 2.51. The number of nitrogens with zero attached hydrogens (tertiary/aromatic N) is 1. The molecule has 2 heterocycles. The molecular formula is C23H21NO3. The van der Waals surface area contributed by atoms with E-state index in [0.717, 1.165) is 22.9 Å². The highest BCUT2D eigenvalue weighted by molar-refractivity contribution is 6.27. The molecule has 1 N–H and O–H groups in total. The highest BCUT2D eigenvalue weighted by Crippen LogP contribution is 2.31. The SMILES string of the molecule is CC(/C=C/C(O)=C1\C(=O)C2CCCN2C1=O)=C\c1ccc2ccccc2c1. The van der Waals surface area contributed by atoms with Crippen molar-refractivity contribution < 1.29 is 14.7 Å². The third-order valence-corrected chi connectivity index (χ3v) is 5.20. The summed E-state index contributed by atoms with van der Waals surface area (Å²) in [6, 6.07) is 14.0. The molecule has 2 fully saturated rings. The highest BCUT2D eigenvalue weighted by atomic mass is 16.3. The van der Waals surface area contributed by atoms with Crippen LogP contribution in [0.2, 0.25) is 0 Å². The van der Waals surface area contributed by atoms with Crippen LogP contribution in [-0.2, 0) is 9.59 Å². The lowest BCUT2D eigenvalue weighted by Crippen LogP contribution is -2.28. The number of fused-ring (bicyclic) bond motifs is 2. The first-order chi connectivity index (χ1) is 13.0. The summed E-state index contributed by atoms with van der Waals surface area (Å²) in [5.41, 5.74) is 1.89. The largest absolute Gasteiger partial charge is 0.507 e. The molecule has 0 bridgehead atoms. The van der Waals surface area contributed by atoms with Crippen molar-refractivity contribution in [2.45, 2.75) is 25.8 Å². The predicted octanol–water partition coefficient (Wildman–Crippen LogP) is 4.19. The Morgan fingerprint density at radius 3 is 2.67 bits per heavy atom. The molecule has 1 amide bonds. The van der Waals surface area contributed by atoms with Gasteiger partial charge in [0.05, 0.1) is 6.04 Å². The zero-order valence-electron chi connectivity index (χ0n) is 15.2. The lowest BCUT2D eigenvalue weighted by atomic mass is 10.0. The number of hydrogen-bond donors (Lipinski definition) is 1. The van der Waals surface area contributed by atoms with Gasteiger partial charge in [0, 0.05) is 6.54 Å². The number of amides is 1. The number of aliphatic hydroxyl groups excluding tert-OH is 1. The summed E-state index contributed by atoms with van der Waals surface area (Å²) >= 11 is 0. The second-order valence-corrected chi connectivity index (χ2v) is 7.11. The zero-order valence-corrected chi connectivity index (χ0v) is 15.2. The van der Waals surface area contributed by atoms with E-state index in [2.05, 4.69) is 24.3 Å². The maximum atomic E-state index is 12.4. The Morgan fingerprint density at radius 1 is 1.11 bits per heavy atom. The summed E-state index contributed by atoms with van der Waals surface area (Å²) in [4.78, 5) is 26.3. The van der Waals surface area contributed by atoms with Crippen LogP contribution in [0.5, 0.6) is 0 Å². The van der Waals surface area contributed by atoms with Gasteiger partial charge in [-0.3, -0.25) is 9.59 Å². The fourth-order valence-corrected chi connectivity index (χ4v) is 3.84. The van der Waals surface area contributed by atoms with Crippen molar-refractivity contribution in [1.29, 1.82) is 0 Å². The van der Waals surface area contributed by atoms with E-state index in [1.165, 1.54) is 11.5 Å². The van der Waals surface area contributed by atoms with Crippen molar-refractivity contribution in [3.63, 3.8) is 0 Å². The minimum absolute atomic E-state index is 0.0746. The highest BCUT2D eigenvalue weighted by Gasteiger charge is 2.46. The smallest absolute Gasteiger partial charge is 0.261 e. The summed E-state index contributed by atoms with van der Waals surface area (Å²) < 4.78 is 0. The minimum atomic E-state index is -0.378. The second kappa shape index (κ2) is 6.88. The fourth-order valence-electron chi connectivity index (χ4n) is 3.84. The predicted molar refractivity (Wildman–Crippen MR) is 106 cm³/mol. The van der Waals surface area contributed by atoms with Gasteiger partial charge < -0.3 is 10.0 Å². The number of rotatable bonds is 3. The Bertz CT molecular complexity index is 1000. The summed E-state index contributed by atoms with van der Waals surface area (Å²) in [7, 11) is 0. The first kappa shape index (κ1) is 17.3. The van der Waals surface area contributed by atoms with Gasteiger partial charge in [-0.1, -0.05) is 54.1 Å². The van der Waals surface area contributed by atoms with E-state index in [-0.39, 0.29) is 29.1 Å². The van der Waals surface area contributed by atoms with Gasteiger partial charge in [0.2, 0.25) is 0 Å². The Hall–Kier alpha value is -3.14. The van der Waals surface area contributed by atoms with Gasteiger partial charge in [-0.25, -0.2) is 0 Å². The van der Waals surface area contributed by atoms with Gasteiger partial charge in [0.1, 0.15) is 11.3 Å². The van der Waals surface area contributed by atoms with Crippen LogP contribution in [0.3, 0.4) is 0 Å². The maximum absolute atomic E-state index is 12.4. The molecule has 0 saturated carbocycles. The molecule has 0 aromatic heterocycles. The molecule has 2 aliphatic heterocycles. The molecule has 0 aliphatic carbocycles. The molecule has 0 radical (unpaired) electrons. The number of Topliss-reactive ketones (excluding diaryl/α,β-unsaturated/α-hetero) is 1. The molecule has 4 heteroatoms. The van der Waals surface area contributed by atoms with Crippen LogP contribution in [0.25, 0.3) is 16.8 Å². The van der Waals surface area contributed by atoms with Crippen LogP contribution < -0.4 is 0 Å². The van der Waals surface area contributed by atoms with E-state index in [9.17, 15) is 14.7 Å². The number of benzene rings is 2. The first-order valence-electron chi connectivity index (χ1n) is 9.18. The zero-order chi connectivity index (χ0) is 19.0. The number of carbonyl (C=O) groups is 2. The van der Waals surface area contributed by atoms with Gasteiger partial charge >= 0.3 is 0 Å². The van der Waals surface area contributed by atoms with Crippen LogP contribution in [0.15, 0.2) is 71.5 Å². The average molecular weight is 359 g/mol. The number of ketones is 1. The molecule has 1 atom stereocenters. The Balaban J connectivity index is 1.57. The number of carbonyl (C=O) groups excluding carboxylic acids is 2. The van der Waals surface area contributed by atoms with Crippen molar-refractivity contribution in [3.8, 4) is 0 Å². The van der Waals surface area contributed by atoms with E-state index < -0.39 is 0 Å². The molecule has 2 aromatic rings. The third-order valence-electron chi connectivity index (χ3n) is 5.20. The molecule has 136 valence electrons. The van der Waals surface area contributed by atoms with Crippen molar-refractivity contribution >= 4 is 28.5 Å². The Kier molecular flexibility index (Phi) is 4.40. The number of allylic oxidation sites excluding steroid dienone is 3. The van der Waals surface area contributed by atoms with Crippen molar-refractivity contribution in [1.82, 2.24) is 4.90 Å². The van der Waals surface area contributed by atoms with E-state index >= 15 is 0 Å². The topological polar surface area (TPSA) is 57.6 Å². The normalized spacial score (nSPS) is 22.2. The number of hydrogen-bond acceptors (Lipinski definition) is 3. The van der Waals surface area contributed by atoms with Gasteiger partial charge in [-0.2, -0.15) is 0 Å². The van der Waals surface area contributed by atoms with Gasteiger partial charge in [0.15, 0.2) is 5.78 Å². The third kappa shape index (κ3) is 3.19. The quantitative estimate of drug-likeness (QED) is 0.387. The summed E-state index contributed by atoms with van der Waals surface area (Å²) in [5, 5.41) is 12.6. The number of aliphatic hydroxyl groups is 1. The standard InChI is InChI=1S/C23H21NO3/c1-15(13-16-9-10-17-5-2-3-6-18(17)14-16)8-11-20(25)21-22(26)19-7-4-12-24(19)23(21)27/h2-3,5-6,8-11,13-14,19,25H,4,7,12H2,1H3/b11-8+,15-13+,21-20-. The molecule has 4 nitrogen and oxygen atoms in total. The van der Waals surface area contributed by atoms with Gasteiger partial charge in [0.25, 0.3) is 5.91 Å². The fraction of sp³-hybridized carbons (Fsp3) is 0.217. The van der Waals surface area contributed by atoms with Crippen LogP contribution in [0.4, 0.5) is 0 Å². The van der Waals surface area contributed by atoms with Gasteiger partial charge in [-0.15, -0.1) is 0 Å². The van der Waals surface area contributed by atoms with E-state index in [1.807, 2.05) is 31.2 Å². The summed E-state index contributed by atoms with van der Waals surface area (Å²) in [5.74, 6) is -0.845. The summed E-state index contributed by atoms with van der Waals surface area (Å²) in [6.07, 6.45) is 6.70. The average Bonchev–Trinajstić information content (AvgIpc) is 3.24. The molecule has 4 rings (SSSR count). The van der Waals surface area contributed by atoms with Crippen LogP contribution in [0, 0.1) is 0 Å². The molecule has 0 spiro atoms. The monoisotopic (exact) mass is 359 g/mol. The van der Waals surface area contributed by atoms with E-state index in [4.69, 9.17) is 0 Å². The molecule has 2 aliphatic rings. The first-order valence-corrected chi connectivity index (χ1v) is 9.18. The second-order valence-electron chi connectivity index (χ2n) is 7.11. The van der Waals surface area contributed by atoms with E-state index in [0.29, 0.717) is 13.0 Å². The van der Waals surface area contributed by atoms with Crippen molar-refractivity contribution in [2.75, 3.05) is 6.54 Å². The minimum Gasteiger partial charge on any atom is -0.507 e. The molecule has 2 saturated heterocycles. The van der Waals surface area contributed by atoms with Crippen LogP contribution in [0.1, 0.15) is 25.3 Å². The maximum Gasteiger partial charge on any atom is 0.261 e. The van der Waals surface area contributed by atoms with Crippen molar-refractivity contribution in [2.24, 2.45) is 0 Å². The molecular weight excluding hydrogens is 338 g/mol. The van der Waals surface area contributed by atoms with Crippen LogP contribution >= 0.6 is 0 Å². The lowest BCUT2D eigenvalue weighted by molar-refractivity contribution is -0.125. The van der Waals surface area contributed by atoms with Gasteiger partial charge in [-0.05, 0) is 48.2 Å². The molecule has 1 unspecified atom stereocenters. The van der Waals surface area contributed by atoms with Crippen molar-refractivity contribution in [3.05, 3.63) is 77.1 Å². The van der Waals surface area contributed by atoms with E-state index in [1.54, 1.807) is 11.0 Å². The molecule has 27 heavy (non-hydrogen) atoms. The molecule has 2 aromatic carbocycles. The Labute approximate surface area is 158 Å². The van der Waals surface area contributed by atoms with Crippen LogP contribution in [-0.4, -0.2) is 34.3 Å². The lowest BCUT2D eigenvalue weighted by Gasteiger charge is -2.11. The Morgan fingerprint density at radius 2 is 1.89 bits per heavy atom.